The Balaban J connectivity index is 1.51. The molecule has 5 aromatic rings. The Labute approximate surface area is 177 Å². The lowest BCUT2D eigenvalue weighted by Crippen LogP contribution is -1.99. The summed E-state index contributed by atoms with van der Waals surface area (Å²) in [5.41, 5.74) is 6.22. The number of nitrogens with one attached hydrogen (secondary N) is 1. The van der Waals surface area contributed by atoms with Crippen LogP contribution in [0.15, 0.2) is 65.4 Å². The zero-order valence-corrected chi connectivity index (χ0v) is 16.9. The van der Waals surface area contributed by atoms with Gasteiger partial charge in [-0.05, 0) is 49.2 Å². The lowest BCUT2D eigenvalue weighted by molar-refractivity contribution is 0.415. The number of aromatic hydroxyl groups is 1. The van der Waals surface area contributed by atoms with Gasteiger partial charge in [0.2, 0.25) is 5.88 Å². The van der Waals surface area contributed by atoms with Gasteiger partial charge >= 0.3 is 0 Å². The number of rotatable bonds is 5. The Morgan fingerprint density at radius 2 is 1.77 bits per heavy atom. The monoisotopic (exact) mass is 412 g/mol. The highest BCUT2D eigenvalue weighted by atomic mass is 16.5. The molecule has 154 valence electrons. The molecule has 2 N–H and O–H groups in total. The van der Waals surface area contributed by atoms with E-state index < -0.39 is 0 Å². The maximum absolute atomic E-state index is 11.1. The lowest BCUT2D eigenvalue weighted by Gasteiger charge is -2.11. The normalized spacial score (nSPS) is 13.7. The molecular formula is C24H20N4O3. The fourth-order valence-corrected chi connectivity index (χ4v) is 4.20. The van der Waals surface area contributed by atoms with Crippen molar-refractivity contribution in [1.82, 2.24) is 19.9 Å². The number of H-pyrrole nitrogens is 1. The zero-order chi connectivity index (χ0) is 20.9. The van der Waals surface area contributed by atoms with E-state index in [-0.39, 0.29) is 5.88 Å². The summed E-state index contributed by atoms with van der Waals surface area (Å²) in [5, 5.41) is 23.7. The van der Waals surface area contributed by atoms with Crippen LogP contribution in [0.5, 0.6) is 11.6 Å². The van der Waals surface area contributed by atoms with Crippen LogP contribution < -0.4 is 4.74 Å². The van der Waals surface area contributed by atoms with Crippen molar-refractivity contribution >= 4 is 10.9 Å². The molecule has 3 aromatic heterocycles. The van der Waals surface area contributed by atoms with E-state index in [9.17, 15) is 5.11 Å². The van der Waals surface area contributed by atoms with Gasteiger partial charge in [-0.25, -0.2) is 0 Å². The second-order valence-electron chi connectivity index (χ2n) is 7.80. The molecule has 2 aromatic carbocycles. The molecule has 7 nitrogen and oxygen atoms in total. The van der Waals surface area contributed by atoms with Gasteiger partial charge in [0.15, 0.2) is 0 Å². The van der Waals surface area contributed by atoms with E-state index in [4.69, 9.17) is 9.26 Å². The molecule has 1 saturated carbocycles. The molecule has 0 radical (unpaired) electrons. The highest BCUT2D eigenvalue weighted by molar-refractivity contribution is 6.00. The van der Waals surface area contributed by atoms with Gasteiger partial charge in [0.25, 0.3) is 0 Å². The SMILES string of the molecule is COc1ccc(-c2n[nH]c3c(O)n(-c4ccc(-c5ccon5)cc4)c(C4CC4)c23)cc1. The zero-order valence-electron chi connectivity index (χ0n) is 16.9. The summed E-state index contributed by atoms with van der Waals surface area (Å²) in [6.07, 6.45) is 3.76. The summed E-state index contributed by atoms with van der Waals surface area (Å²) in [5.74, 6) is 1.37. The molecule has 1 aliphatic rings. The minimum atomic E-state index is 0.179. The Kier molecular flexibility index (Phi) is 3.89. The van der Waals surface area contributed by atoms with Gasteiger partial charge < -0.3 is 14.4 Å². The summed E-state index contributed by atoms with van der Waals surface area (Å²) < 4.78 is 12.2. The van der Waals surface area contributed by atoms with Gasteiger partial charge in [0.1, 0.15) is 28.9 Å². The van der Waals surface area contributed by atoms with Crippen molar-refractivity contribution in [2.45, 2.75) is 18.8 Å². The highest BCUT2D eigenvalue weighted by Gasteiger charge is 2.34. The number of hydrogen-bond donors (Lipinski definition) is 2. The number of nitrogens with zero attached hydrogens (tertiary/aromatic N) is 3. The molecule has 0 amide bonds. The first-order chi connectivity index (χ1) is 15.2. The summed E-state index contributed by atoms with van der Waals surface area (Å²) in [4.78, 5) is 0. The van der Waals surface area contributed by atoms with Gasteiger partial charge in [-0.1, -0.05) is 17.3 Å². The maximum atomic E-state index is 11.1. The van der Waals surface area contributed by atoms with Crippen LogP contribution in [0, 0.1) is 0 Å². The molecule has 31 heavy (non-hydrogen) atoms. The molecule has 0 spiro atoms. The van der Waals surface area contributed by atoms with E-state index in [1.54, 1.807) is 13.4 Å². The molecule has 7 heteroatoms. The summed E-state index contributed by atoms with van der Waals surface area (Å²) in [6.45, 7) is 0. The van der Waals surface area contributed by atoms with Crippen molar-refractivity contribution in [3.8, 4) is 39.8 Å². The van der Waals surface area contributed by atoms with Gasteiger partial charge in [0.05, 0.1) is 12.5 Å². The number of benzene rings is 2. The molecule has 0 aliphatic heterocycles. The topological polar surface area (TPSA) is 89.1 Å². The number of aromatic nitrogens is 4. The Hall–Kier alpha value is -4.00. The van der Waals surface area contributed by atoms with Crippen molar-refractivity contribution < 1.29 is 14.4 Å². The molecule has 0 unspecified atom stereocenters. The molecule has 0 saturated heterocycles. The third kappa shape index (κ3) is 2.81. The molecular weight excluding hydrogens is 392 g/mol. The summed E-state index contributed by atoms with van der Waals surface area (Å²) in [6, 6.07) is 17.6. The highest BCUT2D eigenvalue weighted by Crippen LogP contribution is 2.50. The van der Waals surface area contributed by atoms with E-state index in [1.807, 2.05) is 59.2 Å². The van der Waals surface area contributed by atoms with E-state index in [0.29, 0.717) is 11.4 Å². The van der Waals surface area contributed by atoms with Crippen LogP contribution in [0.3, 0.4) is 0 Å². The van der Waals surface area contributed by atoms with Gasteiger partial charge in [0, 0.05) is 34.5 Å². The van der Waals surface area contributed by atoms with E-state index in [2.05, 4.69) is 15.4 Å². The minimum absolute atomic E-state index is 0.179. The smallest absolute Gasteiger partial charge is 0.222 e. The van der Waals surface area contributed by atoms with Crippen LogP contribution in [0.1, 0.15) is 24.5 Å². The molecule has 1 fully saturated rings. The number of methoxy groups -OCH3 is 1. The van der Waals surface area contributed by atoms with E-state index >= 15 is 0 Å². The maximum Gasteiger partial charge on any atom is 0.222 e. The molecule has 3 heterocycles. The average Bonchev–Trinajstić information content (AvgIpc) is 3.22. The quantitative estimate of drug-likeness (QED) is 0.411. The Morgan fingerprint density at radius 1 is 1.03 bits per heavy atom. The standard InChI is InChI=1S/C24H20N4O3/c1-30-18-10-6-15(7-11-18)21-20-22(26-25-21)24(29)28(23(20)16-2-3-16)17-8-4-14(5-9-17)19-12-13-31-27-19/h4-13,16,26,29H,2-3H2,1H3. The molecule has 0 bridgehead atoms. The van der Waals surface area contributed by atoms with Crippen molar-refractivity contribution in [3.63, 3.8) is 0 Å². The minimum Gasteiger partial charge on any atom is -0.497 e. The van der Waals surface area contributed by atoms with Crippen LogP contribution in [0.4, 0.5) is 0 Å². The van der Waals surface area contributed by atoms with Crippen LogP contribution >= 0.6 is 0 Å². The van der Waals surface area contributed by atoms with Crippen LogP contribution in [-0.2, 0) is 0 Å². The van der Waals surface area contributed by atoms with E-state index in [0.717, 1.165) is 57.9 Å². The van der Waals surface area contributed by atoms with Crippen LogP contribution in [0.25, 0.3) is 39.1 Å². The van der Waals surface area contributed by atoms with Crippen molar-refractivity contribution in [2.24, 2.45) is 0 Å². The van der Waals surface area contributed by atoms with E-state index in [1.165, 1.54) is 0 Å². The second-order valence-corrected chi connectivity index (χ2v) is 7.80. The Bertz CT molecular complexity index is 1360. The predicted molar refractivity (Wildman–Crippen MR) is 117 cm³/mol. The number of aromatic amines is 1. The molecule has 0 atom stereocenters. The van der Waals surface area contributed by atoms with Gasteiger partial charge in [-0.15, -0.1) is 0 Å². The van der Waals surface area contributed by atoms with Crippen LogP contribution in [0.2, 0.25) is 0 Å². The first-order valence-corrected chi connectivity index (χ1v) is 10.2. The summed E-state index contributed by atoms with van der Waals surface area (Å²) in [7, 11) is 1.65. The molecule has 1 aliphatic carbocycles. The summed E-state index contributed by atoms with van der Waals surface area (Å²) >= 11 is 0. The average molecular weight is 412 g/mol. The number of ether oxygens (including phenoxy) is 1. The lowest BCUT2D eigenvalue weighted by atomic mass is 10.1. The van der Waals surface area contributed by atoms with Crippen LogP contribution in [-0.4, -0.2) is 32.1 Å². The van der Waals surface area contributed by atoms with Gasteiger partial charge in [-0.3, -0.25) is 9.67 Å². The fourth-order valence-electron chi connectivity index (χ4n) is 4.20. The van der Waals surface area contributed by atoms with Crippen molar-refractivity contribution in [1.29, 1.82) is 0 Å². The first-order valence-electron chi connectivity index (χ1n) is 10.2. The second kappa shape index (κ2) is 6.77. The first kappa shape index (κ1) is 17.8. The fraction of sp³-hybridized carbons (Fsp3) is 0.167. The van der Waals surface area contributed by atoms with Gasteiger partial charge in [-0.2, -0.15) is 5.10 Å². The predicted octanol–water partition coefficient (Wildman–Crippen LogP) is 5.27. The largest absolute Gasteiger partial charge is 0.497 e. The third-order valence-electron chi connectivity index (χ3n) is 5.89. The molecule has 6 rings (SSSR count). The number of hydrogen-bond acceptors (Lipinski definition) is 5. The van der Waals surface area contributed by atoms with Crippen molar-refractivity contribution in [2.75, 3.05) is 7.11 Å². The third-order valence-corrected chi connectivity index (χ3v) is 5.89. The number of fused-ring (bicyclic) bond motifs is 1. The van der Waals surface area contributed by atoms with Crippen molar-refractivity contribution in [3.05, 3.63) is 66.6 Å². The Morgan fingerprint density at radius 3 is 2.42 bits per heavy atom.